The van der Waals surface area contributed by atoms with Crippen molar-refractivity contribution in [3.8, 4) is 0 Å². The molecule has 14 heavy (non-hydrogen) atoms. The summed E-state index contributed by atoms with van der Waals surface area (Å²) in [6.07, 6.45) is 5.32. The molecule has 0 aliphatic carbocycles. The second-order valence-electron chi connectivity index (χ2n) is 3.95. The predicted molar refractivity (Wildman–Crippen MR) is 69.2 cm³/mol. The number of hydrogen-bond donors (Lipinski definition) is 0. The van der Waals surface area contributed by atoms with Gasteiger partial charge in [-0.3, -0.25) is 0 Å². The van der Waals surface area contributed by atoms with Crippen molar-refractivity contribution in [2.75, 3.05) is 13.1 Å². The van der Waals surface area contributed by atoms with Crippen LogP contribution in [-0.4, -0.2) is 26.6 Å². The van der Waals surface area contributed by atoms with E-state index in [2.05, 4.69) is 37.6 Å². The summed E-state index contributed by atoms with van der Waals surface area (Å²) in [5.74, 6) is 0. The van der Waals surface area contributed by atoms with E-state index in [4.69, 9.17) is 0 Å². The summed E-state index contributed by atoms with van der Waals surface area (Å²) in [6, 6.07) is 1.33. The highest BCUT2D eigenvalue weighted by atomic mass is 28.3. The van der Waals surface area contributed by atoms with E-state index < -0.39 is 8.96 Å². The highest BCUT2D eigenvalue weighted by molar-refractivity contribution is 6.61. The lowest BCUT2D eigenvalue weighted by molar-refractivity contribution is 0.412. The Hall–Kier alpha value is -0.0831. The molecule has 0 aliphatic rings. The molecule has 0 aliphatic heterocycles. The van der Waals surface area contributed by atoms with E-state index in [9.17, 15) is 0 Å². The molecule has 0 spiro atoms. The average molecular weight is 213 g/mol. The normalized spacial score (nSPS) is 13.1. The quantitative estimate of drug-likeness (QED) is 0.531. The first-order valence-electron chi connectivity index (χ1n) is 6.16. The van der Waals surface area contributed by atoms with E-state index in [1.165, 1.54) is 44.8 Å². The van der Waals surface area contributed by atoms with Gasteiger partial charge in [0.15, 0.2) is 0 Å². The Morgan fingerprint density at radius 3 is 1.86 bits per heavy atom. The van der Waals surface area contributed by atoms with Gasteiger partial charge in [0.25, 0.3) is 0 Å². The third-order valence-electron chi connectivity index (χ3n) is 2.76. The van der Waals surface area contributed by atoms with Gasteiger partial charge in [-0.15, -0.1) is 6.58 Å². The van der Waals surface area contributed by atoms with Gasteiger partial charge in [0.1, 0.15) is 8.96 Å². The van der Waals surface area contributed by atoms with Gasteiger partial charge in [0, 0.05) is 0 Å². The summed E-state index contributed by atoms with van der Waals surface area (Å²) < 4.78 is 2.72. The Balaban J connectivity index is 3.98. The summed E-state index contributed by atoms with van der Waals surface area (Å²) in [7, 11) is -0.773. The lowest BCUT2D eigenvalue weighted by Crippen LogP contribution is -2.38. The fraction of sp³-hybridized carbons (Fsp3) is 0.833. The van der Waals surface area contributed by atoms with E-state index in [-0.39, 0.29) is 0 Å². The van der Waals surface area contributed by atoms with Crippen LogP contribution in [0.1, 0.15) is 46.5 Å². The van der Waals surface area contributed by atoms with Gasteiger partial charge < -0.3 is 4.57 Å². The molecule has 0 bridgehead atoms. The van der Waals surface area contributed by atoms with E-state index in [0.29, 0.717) is 0 Å². The van der Waals surface area contributed by atoms with Crippen molar-refractivity contribution in [3.05, 3.63) is 12.3 Å². The SMILES string of the molecule is C=C[SiH](CC)N(CCCC)CCCC. The van der Waals surface area contributed by atoms with Crippen LogP contribution in [0.3, 0.4) is 0 Å². The van der Waals surface area contributed by atoms with Crippen LogP contribution in [0.2, 0.25) is 6.04 Å². The number of rotatable bonds is 9. The molecule has 0 N–H and O–H groups in total. The predicted octanol–water partition coefficient (Wildman–Crippen LogP) is 3.36. The van der Waals surface area contributed by atoms with E-state index in [1.54, 1.807) is 0 Å². The molecule has 2 heteroatoms. The maximum absolute atomic E-state index is 3.99. The first-order chi connectivity index (χ1) is 6.79. The molecule has 0 saturated carbocycles. The van der Waals surface area contributed by atoms with Crippen LogP contribution in [0.4, 0.5) is 0 Å². The van der Waals surface area contributed by atoms with Crippen LogP contribution in [0.25, 0.3) is 0 Å². The van der Waals surface area contributed by atoms with Crippen molar-refractivity contribution in [2.24, 2.45) is 0 Å². The topological polar surface area (TPSA) is 3.24 Å². The summed E-state index contributed by atoms with van der Waals surface area (Å²) in [5.41, 5.74) is 2.24. The Labute approximate surface area is 91.9 Å². The lowest BCUT2D eigenvalue weighted by atomic mass is 10.3. The van der Waals surface area contributed by atoms with Gasteiger partial charge in [0.05, 0.1) is 0 Å². The maximum Gasteiger partial charge on any atom is 0.135 e. The third-order valence-corrected chi connectivity index (χ3v) is 5.59. The smallest absolute Gasteiger partial charge is 0.135 e. The molecule has 1 unspecified atom stereocenters. The standard InChI is InChI=1S/C12H27NSi/c1-5-9-11-13(12-10-6-2)14(7-3)8-4/h7,14H,3,5-6,8-12H2,1-2,4H3. The summed E-state index contributed by atoms with van der Waals surface area (Å²) in [5, 5.41) is 0. The zero-order valence-electron chi connectivity index (χ0n) is 10.3. The van der Waals surface area contributed by atoms with Crippen molar-refractivity contribution in [3.63, 3.8) is 0 Å². The molecule has 0 amide bonds. The van der Waals surface area contributed by atoms with Crippen molar-refractivity contribution >= 4 is 8.96 Å². The van der Waals surface area contributed by atoms with Gasteiger partial charge in [0.2, 0.25) is 0 Å². The molecule has 0 heterocycles. The molecule has 0 rings (SSSR count). The Kier molecular flexibility index (Phi) is 9.41. The molecule has 1 atom stereocenters. The first-order valence-corrected chi connectivity index (χ1v) is 8.16. The Morgan fingerprint density at radius 2 is 1.57 bits per heavy atom. The number of nitrogens with zero attached hydrogens (tertiary/aromatic N) is 1. The van der Waals surface area contributed by atoms with Crippen molar-refractivity contribution in [2.45, 2.75) is 52.5 Å². The minimum Gasteiger partial charge on any atom is -0.323 e. The summed E-state index contributed by atoms with van der Waals surface area (Å²) in [6.45, 7) is 13.4. The molecule has 0 fully saturated rings. The van der Waals surface area contributed by atoms with Crippen molar-refractivity contribution in [1.82, 2.24) is 4.57 Å². The van der Waals surface area contributed by atoms with Gasteiger partial charge in [-0.2, -0.15) is 0 Å². The second-order valence-corrected chi connectivity index (χ2v) is 7.11. The van der Waals surface area contributed by atoms with Crippen LogP contribution in [0.15, 0.2) is 12.3 Å². The van der Waals surface area contributed by atoms with Crippen molar-refractivity contribution in [1.29, 1.82) is 0 Å². The molecule has 0 aromatic carbocycles. The van der Waals surface area contributed by atoms with Crippen LogP contribution in [0.5, 0.6) is 0 Å². The molecule has 1 nitrogen and oxygen atoms in total. The minimum atomic E-state index is -0.773. The molecular weight excluding hydrogens is 186 g/mol. The molecule has 84 valence electrons. The second kappa shape index (κ2) is 9.47. The number of unbranched alkanes of at least 4 members (excludes halogenated alkanes) is 2. The van der Waals surface area contributed by atoms with Gasteiger partial charge >= 0.3 is 0 Å². The fourth-order valence-corrected chi connectivity index (χ4v) is 3.92. The van der Waals surface area contributed by atoms with E-state index in [0.717, 1.165) is 0 Å². The Bertz CT molecular complexity index is 128. The summed E-state index contributed by atoms with van der Waals surface area (Å²) in [4.78, 5) is 0. The average Bonchev–Trinajstić information content (AvgIpc) is 2.22. The number of hydrogen-bond acceptors (Lipinski definition) is 1. The highest BCUT2D eigenvalue weighted by Crippen LogP contribution is 2.06. The van der Waals surface area contributed by atoms with Crippen LogP contribution in [-0.2, 0) is 0 Å². The summed E-state index contributed by atoms with van der Waals surface area (Å²) >= 11 is 0. The fourth-order valence-electron chi connectivity index (χ4n) is 1.74. The van der Waals surface area contributed by atoms with Gasteiger partial charge in [-0.1, -0.05) is 39.3 Å². The van der Waals surface area contributed by atoms with E-state index >= 15 is 0 Å². The van der Waals surface area contributed by atoms with Gasteiger partial charge in [-0.25, -0.2) is 0 Å². The molecule has 0 saturated heterocycles. The monoisotopic (exact) mass is 213 g/mol. The first kappa shape index (κ1) is 13.9. The van der Waals surface area contributed by atoms with Gasteiger partial charge in [-0.05, 0) is 32.0 Å². The van der Waals surface area contributed by atoms with Crippen LogP contribution in [0, 0.1) is 0 Å². The van der Waals surface area contributed by atoms with Crippen LogP contribution >= 0.6 is 0 Å². The zero-order chi connectivity index (χ0) is 10.8. The Morgan fingerprint density at radius 1 is 1.07 bits per heavy atom. The highest BCUT2D eigenvalue weighted by Gasteiger charge is 2.13. The molecule has 0 aromatic heterocycles. The maximum atomic E-state index is 3.99. The lowest BCUT2D eigenvalue weighted by Gasteiger charge is -2.27. The minimum absolute atomic E-state index is 0.773. The van der Waals surface area contributed by atoms with Crippen LogP contribution < -0.4 is 0 Å². The molecule has 0 radical (unpaired) electrons. The molecular formula is C12H27NSi. The zero-order valence-corrected chi connectivity index (χ0v) is 11.4. The largest absolute Gasteiger partial charge is 0.323 e. The molecule has 0 aromatic rings. The third kappa shape index (κ3) is 5.61. The van der Waals surface area contributed by atoms with Crippen molar-refractivity contribution < 1.29 is 0 Å². The van der Waals surface area contributed by atoms with E-state index in [1.807, 2.05) is 0 Å².